The van der Waals surface area contributed by atoms with Crippen molar-refractivity contribution in [1.82, 2.24) is 19.9 Å². The van der Waals surface area contributed by atoms with Gasteiger partial charge >= 0.3 is 0 Å². The lowest BCUT2D eigenvalue weighted by atomic mass is 9.99. The molecule has 0 saturated carbocycles. The number of hydrogen-bond donors (Lipinski definition) is 1. The van der Waals surface area contributed by atoms with E-state index < -0.39 is 0 Å². The van der Waals surface area contributed by atoms with E-state index in [1.807, 2.05) is 12.3 Å². The Morgan fingerprint density at radius 1 is 1.50 bits per heavy atom. The number of aromatic nitrogens is 3. The van der Waals surface area contributed by atoms with Crippen LogP contribution in [0.5, 0.6) is 0 Å². The van der Waals surface area contributed by atoms with E-state index in [4.69, 9.17) is 4.98 Å². The van der Waals surface area contributed by atoms with Gasteiger partial charge in [-0.05, 0) is 44.9 Å². The molecule has 0 aromatic carbocycles. The molecule has 96 valence electrons. The third-order valence-electron chi connectivity index (χ3n) is 3.81. The topological polar surface area (TPSA) is 42.7 Å². The van der Waals surface area contributed by atoms with E-state index in [9.17, 15) is 0 Å². The number of nitrogens with one attached hydrogen (secondary N) is 1. The number of hydrogen-bond acceptors (Lipinski definition) is 3. The van der Waals surface area contributed by atoms with Crippen molar-refractivity contribution in [3.05, 3.63) is 24.2 Å². The molecule has 1 aliphatic heterocycles. The van der Waals surface area contributed by atoms with Gasteiger partial charge in [-0.2, -0.15) is 0 Å². The SMILES string of the molecule is CCCn1c(C2(C)CCCN2)nc2cccnc21. The Kier molecular flexibility index (Phi) is 2.82. The summed E-state index contributed by atoms with van der Waals surface area (Å²) in [4.78, 5) is 9.32. The molecule has 2 aromatic heterocycles. The van der Waals surface area contributed by atoms with Crippen LogP contribution in [0.15, 0.2) is 18.3 Å². The Hall–Kier alpha value is -1.42. The first-order valence-corrected chi connectivity index (χ1v) is 6.81. The molecule has 3 rings (SSSR count). The standard InChI is InChI=1S/C14H20N4/c1-3-10-18-12-11(6-4-8-15-12)17-13(18)14(2)7-5-9-16-14/h4,6,8,16H,3,5,7,9-10H2,1-2H3. The lowest BCUT2D eigenvalue weighted by Gasteiger charge is -2.24. The van der Waals surface area contributed by atoms with Crippen LogP contribution in [0.25, 0.3) is 11.2 Å². The normalized spacial score (nSPS) is 23.9. The van der Waals surface area contributed by atoms with Crippen LogP contribution in [0.4, 0.5) is 0 Å². The third-order valence-corrected chi connectivity index (χ3v) is 3.81. The van der Waals surface area contributed by atoms with Gasteiger partial charge in [-0.15, -0.1) is 0 Å². The van der Waals surface area contributed by atoms with Crippen molar-refractivity contribution in [2.45, 2.75) is 45.2 Å². The zero-order valence-corrected chi connectivity index (χ0v) is 11.1. The molecule has 1 atom stereocenters. The highest BCUT2D eigenvalue weighted by Crippen LogP contribution is 2.31. The van der Waals surface area contributed by atoms with Gasteiger partial charge in [-0.1, -0.05) is 6.92 Å². The number of pyridine rings is 1. The van der Waals surface area contributed by atoms with Gasteiger partial charge in [0.05, 0.1) is 5.54 Å². The number of imidazole rings is 1. The molecule has 0 aliphatic carbocycles. The van der Waals surface area contributed by atoms with E-state index in [-0.39, 0.29) is 5.54 Å². The van der Waals surface area contributed by atoms with Gasteiger partial charge in [-0.3, -0.25) is 0 Å². The molecular weight excluding hydrogens is 224 g/mol. The molecule has 1 N–H and O–H groups in total. The summed E-state index contributed by atoms with van der Waals surface area (Å²) in [5.74, 6) is 1.15. The van der Waals surface area contributed by atoms with Crippen molar-refractivity contribution in [3.63, 3.8) is 0 Å². The van der Waals surface area contributed by atoms with Crippen LogP contribution < -0.4 is 5.32 Å². The maximum Gasteiger partial charge on any atom is 0.160 e. The van der Waals surface area contributed by atoms with Gasteiger partial charge in [-0.25, -0.2) is 9.97 Å². The summed E-state index contributed by atoms with van der Waals surface area (Å²) in [5.41, 5.74) is 2.04. The van der Waals surface area contributed by atoms with E-state index in [1.165, 1.54) is 6.42 Å². The summed E-state index contributed by atoms with van der Waals surface area (Å²) >= 11 is 0. The quantitative estimate of drug-likeness (QED) is 0.901. The summed E-state index contributed by atoms with van der Waals surface area (Å²) in [6.45, 7) is 6.52. The van der Waals surface area contributed by atoms with E-state index in [2.05, 4.69) is 34.8 Å². The van der Waals surface area contributed by atoms with Gasteiger partial charge in [0.25, 0.3) is 0 Å². The van der Waals surface area contributed by atoms with Crippen molar-refractivity contribution in [2.24, 2.45) is 0 Å². The first kappa shape index (κ1) is 11.7. The molecule has 0 radical (unpaired) electrons. The lowest BCUT2D eigenvalue weighted by Crippen LogP contribution is -2.36. The molecule has 1 fully saturated rings. The molecule has 4 nitrogen and oxygen atoms in total. The highest BCUT2D eigenvalue weighted by atomic mass is 15.2. The zero-order chi connectivity index (χ0) is 12.6. The summed E-state index contributed by atoms with van der Waals surface area (Å²) in [6.07, 6.45) is 5.33. The average molecular weight is 244 g/mol. The lowest BCUT2D eigenvalue weighted by molar-refractivity contribution is 0.387. The van der Waals surface area contributed by atoms with Crippen LogP contribution in [-0.2, 0) is 12.1 Å². The first-order chi connectivity index (χ1) is 8.74. The van der Waals surface area contributed by atoms with Gasteiger partial charge in [0.1, 0.15) is 11.3 Å². The minimum Gasteiger partial charge on any atom is -0.311 e. The van der Waals surface area contributed by atoms with Gasteiger partial charge in [0.15, 0.2) is 5.65 Å². The fourth-order valence-electron chi connectivity index (χ4n) is 2.90. The highest BCUT2D eigenvalue weighted by molar-refractivity contribution is 5.71. The molecule has 1 unspecified atom stereocenters. The minimum absolute atomic E-state index is 0.00979. The van der Waals surface area contributed by atoms with E-state index >= 15 is 0 Å². The van der Waals surface area contributed by atoms with E-state index in [1.54, 1.807) is 0 Å². The largest absolute Gasteiger partial charge is 0.311 e. The average Bonchev–Trinajstić information content (AvgIpc) is 2.96. The summed E-state index contributed by atoms with van der Waals surface area (Å²) in [7, 11) is 0. The van der Waals surface area contributed by atoms with Crippen LogP contribution in [0, 0.1) is 0 Å². The van der Waals surface area contributed by atoms with Gasteiger partial charge in [0, 0.05) is 12.7 Å². The molecule has 1 saturated heterocycles. The smallest absolute Gasteiger partial charge is 0.160 e. The summed E-state index contributed by atoms with van der Waals surface area (Å²) in [5, 5.41) is 3.60. The minimum atomic E-state index is 0.00979. The predicted octanol–water partition coefficient (Wildman–Crippen LogP) is 2.44. The zero-order valence-electron chi connectivity index (χ0n) is 11.1. The molecule has 4 heteroatoms. The summed E-state index contributed by atoms with van der Waals surface area (Å²) < 4.78 is 2.29. The highest BCUT2D eigenvalue weighted by Gasteiger charge is 2.35. The number of nitrogens with zero attached hydrogens (tertiary/aromatic N) is 3. The van der Waals surface area contributed by atoms with Crippen LogP contribution >= 0.6 is 0 Å². The summed E-state index contributed by atoms with van der Waals surface area (Å²) in [6, 6.07) is 4.01. The number of aryl methyl sites for hydroxylation is 1. The van der Waals surface area contributed by atoms with Crippen molar-refractivity contribution in [3.8, 4) is 0 Å². The van der Waals surface area contributed by atoms with Crippen LogP contribution in [0.1, 0.15) is 38.9 Å². The molecule has 3 heterocycles. The monoisotopic (exact) mass is 244 g/mol. The molecule has 2 aromatic rings. The molecule has 18 heavy (non-hydrogen) atoms. The molecule has 0 bridgehead atoms. The number of fused-ring (bicyclic) bond motifs is 1. The second-order valence-electron chi connectivity index (χ2n) is 5.30. The van der Waals surface area contributed by atoms with Crippen molar-refractivity contribution >= 4 is 11.2 Å². The molecular formula is C14H20N4. The van der Waals surface area contributed by atoms with Crippen molar-refractivity contribution < 1.29 is 0 Å². The maximum absolute atomic E-state index is 4.82. The molecule has 0 amide bonds. The van der Waals surface area contributed by atoms with Crippen LogP contribution in [0.3, 0.4) is 0 Å². The Bertz CT molecular complexity index is 552. The Morgan fingerprint density at radius 2 is 2.39 bits per heavy atom. The maximum atomic E-state index is 4.82. The fourth-order valence-corrected chi connectivity index (χ4v) is 2.90. The van der Waals surface area contributed by atoms with E-state index in [0.717, 1.165) is 42.9 Å². The third kappa shape index (κ3) is 1.72. The Balaban J connectivity index is 2.18. The molecule has 0 spiro atoms. The van der Waals surface area contributed by atoms with Crippen LogP contribution in [0.2, 0.25) is 0 Å². The second kappa shape index (κ2) is 4.35. The van der Waals surface area contributed by atoms with Crippen LogP contribution in [-0.4, -0.2) is 21.1 Å². The fraction of sp³-hybridized carbons (Fsp3) is 0.571. The van der Waals surface area contributed by atoms with E-state index in [0.29, 0.717) is 0 Å². The first-order valence-electron chi connectivity index (χ1n) is 6.81. The van der Waals surface area contributed by atoms with Gasteiger partial charge in [0.2, 0.25) is 0 Å². The van der Waals surface area contributed by atoms with Crippen molar-refractivity contribution in [2.75, 3.05) is 6.54 Å². The second-order valence-corrected chi connectivity index (χ2v) is 5.30. The number of rotatable bonds is 3. The Morgan fingerprint density at radius 3 is 3.11 bits per heavy atom. The van der Waals surface area contributed by atoms with Crippen molar-refractivity contribution in [1.29, 1.82) is 0 Å². The Labute approximate surface area is 107 Å². The molecule has 1 aliphatic rings. The van der Waals surface area contributed by atoms with Gasteiger partial charge < -0.3 is 9.88 Å². The predicted molar refractivity (Wildman–Crippen MR) is 72.4 cm³/mol.